The quantitative estimate of drug-likeness (QED) is 0.710. The Morgan fingerprint density at radius 2 is 2.41 bits per heavy atom. The molecule has 0 amide bonds. The topological polar surface area (TPSA) is 44.8 Å². The van der Waals surface area contributed by atoms with Gasteiger partial charge in [-0.2, -0.15) is 0 Å². The minimum absolute atomic E-state index is 0.326. The Bertz CT molecular complexity index is 315. The highest BCUT2D eigenvalue weighted by atomic mass is 16.7. The molecule has 0 radical (unpaired) electrons. The first kappa shape index (κ1) is 12.4. The van der Waals surface area contributed by atoms with E-state index in [4.69, 9.17) is 14.2 Å². The summed E-state index contributed by atoms with van der Waals surface area (Å²) in [6.45, 7) is 4.98. The van der Waals surface area contributed by atoms with Crippen LogP contribution < -0.4 is 0 Å². The van der Waals surface area contributed by atoms with Crippen molar-refractivity contribution in [3.63, 3.8) is 0 Å². The Kier molecular flexibility index (Phi) is 3.72. The molecule has 0 aromatic heterocycles. The van der Waals surface area contributed by atoms with E-state index >= 15 is 0 Å². The maximum atomic E-state index is 11.7. The van der Waals surface area contributed by atoms with Crippen molar-refractivity contribution < 1.29 is 19.0 Å². The summed E-state index contributed by atoms with van der Waals surface area (Å²) >= 11 is 0. The maximum absolute atomic E-state index is 11.7. The summed E-state index contributed by atoms with van der Waals surface area (Å²) in [5.74, 6) is -0.286. The SMILES string of the molecule is CCOC(=O)C1=C[C@H](CC)C[C@]2(CCCO2)O1. The van der Waals surface area contributed by atoms with Gasteiger partial charge in [-0.05, 0) is 31.8 Å². The Labute approximate surface area is 102 Å². The molecule has 4 nitrogen and oxygen atoms in total. The Hall–Kier alpha value is -1.03. The summed E-state index contributed by atoms with van der Waals surface area (Å²) in [4.78, 5) is 11.7. The molecule has 0 N–H and O–H groups in total. The monoisotopic (exact) mass is 240 g/mol. The van der Waals surface area contributed by atoms with Gasteiger partial charge in [0.2, 0.25) is 11.5 Å². The van der Waals surface area contributed by atoms with Gasteiger partial charge in [0.05, 0.1) is 13.2 Å². The zero-order chi connectivity index (χ0) is 12.3. The van der Waals surface area contributed by atoms with Crippen LogP contribution in [0.15, 0.2) is 11.8 Å². The minimum atomic E-state index is -0.572. The fourth-order valence-corrected chi connectivity index (χ4v) is 2.44. The second kappa shape index (κ2) is 5.08. The van der Waals surface area contributed by atoms with Crippen molar-refractivity contribution in [3.8, 4) is 0 Å². The van der Waals surface area contributed by atoms with Crippen LogP contribution in [0.1, 0.15) is 39.5 Å². The van der Waals surface area contributed by atoms with Gasteiger partial charge in [0.1, 0.15) is 0 Å². The lowest BCUT2D eigenvalue weighted by atomic mass is 9.91. The van der Waals surface area contributed by atoms with Crippen LogP contribution in [0, 0.1) is 5.92 Å². The molecule has 2 aliphatic rings. The van der Waals surface area contributed by atoms with Crippen LogP contribution in [0.25, 0.3) is 0 Å². The van der Waals surface area contributed by atoms with E-state index in [0.29, 0.717) is 24.9 Å². The van der Waals surface area contributed by atoms with Crippen LogP contribution in [0.4, 0.5) is 0 Å². The number of hydrogen-bond donors (Lipinski definition) is 0. The van der Waals surface area contributed by atoms with Crippen LogP contribution in [-0.2, 0) is 19.0 Å². The van der Waals surface area contributed by atoms with Gasteiger partial charge in [0.15, 0.2) is 0 Å². The highest BCUT2D eigenvalue weighted by molar-refractivity contribution is 5.86. The largest absolute Gasteiger partial charge is 0.460 e. The summed E-state index contributed by atoms with van der Waals surface area (Å²) in [7, 11) is 0. The fourth-order valence-electron chi connectivity index (χ4n) is 2.44. The first-order valence-corrected chi connectivity index (χ1v) is 6.41. The van der Waals surface area contributed by atoms with Crippen molar-refractivity contribution in [1.82, 2.24) is 0 Å². The summed E-state index contributed by atoms with van der Waals surface area (Å²) < 4.78 is 16.4. The molecule has 0 unspecified atom stereocenters. The third-order valence-electron chi connectivity index (χ3n) is 3.32. The number of rotatable bonds is 3. The standard InChI is InChI=1S/C13H20O4/c1-3-10-8-11(12(14)15-4-2)17-13(9-10)6-5-7-16-13/h8,10H,3-7,9H2,1-2H3/t10-,13-/m0/s1. The molecule has 1 saturated heterocycles. The molecule has 0 saturated carbocycles. The third kappa shape index (κ3) is 2.63. The number of esters is 1. The number of hydrogen-bond acceptors (Lipinski definition) is 4. The van der Waals surface area contributed by atoms with Crippen molar-refractivity contribution in [2.75, 3.05) is 13.2 Å². The van der Waals surface area contributed by atoms with Crippen LogP contribution in [0.2, 0.25) is 0 Å². The van der Waals surface area contributed by atoms with E-state index < -0.39 is 5.79 Å². The molecule has 2 atom stereocenters. The van der Waals surface area contributed by atoms with E-state index in [1.807, 2.05) is 6.08 Å². The molecule has 0 aliphatic carbocycles. The fraction of sp³-hybridized carbons (Fsp3) is 0.769. The van der Waals surface area contributed by atoms with E-state index in [2.05, 4.69) is 6.92 Å². The molecule has 2 rings (SSSR count). The highest BCUT2D eigenvalue weighted by Gasteiger charge is 2.43. The molecule has 0 aromatic carbocycles. The molecule has 2 aliphatic heterocycles. The molecule has 1 fully saturated rings. The molecular weight excluding hydrogens is 220 g/mol. The van der Waals surface area contributed by atoms with Crippen LogP contribution in [0.3, 0.4) is 0 Å². The van der Waals surface area contributed by atoms with Crippen molar-refractivity contribution in [2.45, 2.75) is 45.3 Å². The average molecular weight is 240 g/mol. The lowest BCUT2D eigenvalue weighted by Crippen LogP contribution is -2.38. The molecular formula is C13H20O4. The van der Waals surface area contributed by atoms with Crippen LogP contribution >= 0.6 is 0 Å². The zero-order valence-corrected chi connectivity index (χ0v) is 10.5. The van der Waals surface area contributed by atoms with Crippen LogP contribution in [-0.4, -0.2) is 25.0 Å². The van der Waals surface area contributed by atoms with Gasteiger partial charge in [-0.3, -0.25) is 0 Å². The Balaban J connectivity index is 2.14. The number of carbonyl (C=O) groups excluding carboxylic acids is 1. The van der Waals surface area contributed by atoms with E-state index in [0.717, 1.165) is 25.7 Å². The number of carbonyl (C=O) groups is 1. The zero-order valence-electron chi connectivity index (χ0n) is 10.5. The maximum Gasteiger partial charge on any atom is 0.373 e. The highest BCUT2D eigenvalue weighted by Crippen LogP contribution is 2.40. The minimum Gasteiger partial charge on any atom is -0.460 e. The van der Waals surface area contributed by atoms with Gasteiger partial charge in [0.25, 0.3) is 0 Å². The molecule has 2 heterocycles. The van der Waals surface area contributed by atoms with Crippen molar-refractivity contribution in [2.24, 2.45) is 5.92 Å². The molecule has 4 heteroatoms. The van der Waals surface area contributed by atoms with Crippen LogP contribution in [0.5, 0.6) is 0 Å². The number of allylic oxidation sites excluding steroid dienone is 1. The second-order valence-corrected chi connectivity index (χ2v) is 4.59. The summed E-state index contributed by atoms with van der Waals surface area (Å²) in [6.07, 6.45) is 5.56. The van der Waals surface area contributed by atoms with Crippen molar-refractivity contribution in [3.05, 3.63) is 11.8 Å². The van der Waals surface area contributed by atoms with Crippen molar-refractivity contribution in [1.29, 1.82) is 0 Å². The van der Waals surface area contributed by atoms with Gasteiger partial charge in [-0.15, -0.1) is 0 Å². The molecule has 0 aromatic rings. The Morgan fingerprint density at radius 1 is 1.59 bits per heavy atom. The van der Waals surface area contributed by atoms with Gasteiger partial charge in [-0.25, -0.2) is 4.79 Å². The first-order valence-electron chi connectivity index (χ1n) is 6.41. The smallest absolute Gasteiger partial charge is 0.373 e. The van der Waals surface area contributed by atoms with Gasteiger partial charge in [0, 0.05) is 12.8 Å². The second-order valence-electron chi connectivity index (χ2n) is 4.59. The van der Waals surface area contributed by atoms with E-state index in [9.17, 15) is 4.79 Å². The molecule has 96 valence electrons. The van der Waals surface area contributed by atoms with E-state index in [1.165, 1.54) is 0 Å². The van der Waals surface area contributed by atoms with E-state index in [-0.39, 0.29) is 5.97 Å². The molecule has 1 spiro atoms. The average Bonchev–Trinajstić information content (AvgIpc) is 2.76. The summed E-state index contributed by atoms with van der Waals surface area (Å²) in [5, 5.41) is 0. The number of ether oxygens (including phenoxy) is 3. The first-order chi connectivity index (χ1) is 8.19. The lowest BCUT2D eigenvalue weighted by Gasteiger charge is -2.36. The van der Waals surface area contributed by atoms with Gasteiger partial charge < -0.3 is 14.2 Å². The predicted octanol–water partition coefficient (Wildman–Crippen LogP) is 2.39. The normalized spacial score (nSPS) is 32.1. The van der Waals surface area contributed by atoms with Gasteiger partial charge in [-0.1, -0.05) is 6.92 Å². The summed E-state index contributed by atoms with van der Waals surface area (Å²) in [6, 6.07) is 0. The Morgan fingerprint density at radius 3 is 3.00 bits per heavy atom. The third-order valence-corrected chi connectivity index (χ3v) is 3.32. The van der Waals surface area contributed by atoms with Crippen molar-refractivity contribution >= 4 is 5.97 Å². The predicted molar refractivity (Wildman–Crippen MR) is 62.1 cm³/mol. The molecule has 17 heavy (non-hydrogen) atoms. The summed E-state index contributed by atoms with van der Waals surface area (Å²) in [5.41, 5.74) is 0. The van der Waals surface area contributed by atoms with Gasteiger partial charge >= 0.3 is 5.97 Å². The molecule has 0 bridgehead atoms. The lowest BCUT2D eigenvalue weighted by molar-refractivity contribution is -0.209. The van der Waals surface area contributed by atoms with E-state index in [1.54, 1.807) is 6.92 Å².